The van der Waals surface area contributed by atoms with Gasteiger partial charge in [-0.05, 0) is 30.3 Å². The first-order valence-electron chi connectivity index (χ1n) is 8.10. The van der Waals surface area contributed by atoms with Crippen LogP contribution in [0.15, 0.2) is 54.5 Å². The van der Waals surface area contributed by atoms with Crippen LogP contribution in [0.2, 0.25) is 5.02 Å². The predicted octanol–water partition coefficient (Wildman–Crippen LogP) is 2.30. The summed E-state index contributed by atoms with van der Waals surface area (Å²) in [6, 6.07) is 10.5. The lowest BCUT2D eigenvalue weighted by Gasteiger charge is -2.34. The van der Waals surface area contributed by atoms with Crippen LogP contribution in [0.1, 0.15) is 0 Å². The lowest BCUT2D eigenvalue weighted by atomic mass is 10.2. The molecule has 1 aromatic heterocycles. The van der Waals surface area contributed by atoms with Crippen LogP contribution in [0, 0.1) is 11.3 Å². The van der Waals surface area contributed by atoms with E-state index in [0.29, 0.717) is 29.7 Å². The van der Waals surface area contributed by atoms with Gasteiger partial charge in [0.25, 0.3) is 5.91 Å². The molecule has 0 aliphatic carbocycles. The molecule has 26 heavy (non-hydrogen) atoms. The van der Waals surface area contributed by atoms with Crippen LogP contribution in [0.4, 0.5) is 11.6 Å². The Morgan fingerprint density at radius 2 is 1.81 bits per heavy atom. The summed E-state index contributed by atoms with van der Waals surface area (Å²) >= 11 is 5.83. The molecule has 0 atom stereocenters. The van der Waals surface area contributed by atoms with Crippen LogP contribution in [-0.2, 0) is 4.79 Å². The molecular formula is C18H17ClN6O. The third-order valence-corrected chi connectivity index (χ3v) is 4.18. The van der Waals surface area contributed by atoms with Crippen molar-refractivity contribution in [1.29, 1.82) is 5.26 Å². The maximum atomic E-state index is 12.3. The van der Waals surface area contributed by atoms with Crippen LogP contribution in [0.25, 0.3) is 0 Å². The Labute approximate surface area is 156 Å². The maximum absolute atomic E-state index is 12.3. The monoisotopic (exact) mass is 368 g/mol. The Balaban J connectivity index is 1.60. The van der Waals surface area contributed by atoms with Gasteiger partial charge in [-0.1, -0.05) is 11.6 Å². The van der Waals surface area contributed by atoms with E-state index in [-0.39, 0.29) is 5.57 Å². The maximum Gasteiger partial charge on any atom is 0.267 e. The molecule has 1 saturated heterocycles. The third kappa shape index (κ3) is 4.49. The largest absolute Gasteiger partial charge is 0.373 e. The third-order valence-electron chi connectivity index (χ3n) is 3.93. The highest BCUT2D eigenvalue weighted by atomic mass is 35.5. The number of aromatic nitrogens is 2. The molecule has 7 nitrogen and oxygen atoms in total. The molecule has 1 amide bonds. The average molecular weight is 369 g/mol. The van der Waals surface area contributed by atoms with Crippen LogP contribution >= 0.6 is 11.6 Å². The number of anilines is 2. The highest BCUT2D eigenvalue weighted by Crippen LogP contribution is 2.15. The number of nitriles is 1. The van der Waals surface area contributed by atoms with Crippen molar-refractivity contribution in [3.63, 3.8) is 0 Å². The number of benzene rings is 1. The van der Waals surface area contributed by atoms with Gasteiger partial charge < -0.3 is 15.1 Å². The number of amides is 1. The number of hydrogen-bond donors (Lipinski definition) is 1. The zero-order chi connectivity index (χ0) is 18.4. The Bertz CT molecular complexity index is 823. The number of piperazine rings is 1. The minimum atomic E-state index is -0.441. The standard InChI is InChI=1S/C18H17ClN6O/c19-15-2-4-16(5-3-15)23-17(26)14(12-20)13-24-8-10-25(11-9-24)18-21-6-1-7-22-18/h1-7,13H,8-11H2,(H,23,26)/b14-13-. The Morgan fingerprint density at radius 1 is 1.15 bits per heavy atom. The molecule has 1 N–H and O–H groups in total. The molecule has 8 heteroatoms. The molecule has 2 aromatic rings. The van der Waals surface area contributed by atoms with E-state index < -0.39 is 5.91 Å². The molecule has 3 rings (SSSR count). The van der Waals surface area contributed by atoms with E-state index in [1.165, 1.54) is 0 Å². The van der Waals surface area contributed by atoms with E-state index in [2.05, 4.69) is 20.2 Å². The van der Waals surface area contributed by atoms with Crippen molar-refractivity contribution >= 4 is 29.1 Å². The van der Waals surface area contributed by atoms with Gasteiger partial charge in [-0.25, -0.2) is 9.97 Å². The second kappa shape index (κ2) is 8.32. The van der Waals surface area contributed by atoms with Crippen molar-refractivity contribution in [1.82, 2.24) is 14.9 Å². The smallest absolute Gasteiger partial charge is 0.267 e. The summed E-state index contributed by atoms with van der Waals surface area (Å²) in [4.78, 5) is 24.8. The molecule has 0 unspecified atom stereocenters. The fraction of sp³-hybridized carbons (Fsp3) is 0.222. The number of nitrogens with zero attached hydrogens (tertiary/aromatic N) is 5. The molecule has 1 aliphatic rings. The van der Waals surface area contributed by atoms with Gasteiger partial charge in [-0.3, -0.25) is 4.79 Å². The topological polar surface area (TPSA) is 85.2 Å². The van der Waals surface area contributed by atoms with Crippen molar-refractivity contribution < 1.29 is 4.79 Å². The molecule has 132 valence electrons. The van der Waals surface area contributed by atoms with Gasteiger partial charge in [-0.2, -0.15) is 5.26 Å². The Hall–Kier alpha value is -3.11. The normalized spacial score (nSPS) is 14.7. The average Bonchev–Trinajstić information content (AvgIpc) is 2.69. The van der Waals surface area contributed by atoms with Crippen molar-refractivity contribution in [2.75, 3.05) is 36.4 Å². The van der Waals surface area contributed by atoms with E-state index >= 15 is 0 Å². The Kier molecular flexibility index (Phi) is 5.66. The fourth-order valence-corrected chi connectivity index (χ4v) is 2.68. The summed E-state index contributed by atoms with van der Waals surface area (Å²) in [5.41, 5.74) is 0.649. The Morgan fingerprint density at radius 3 is 2.42 bits per heavy atom. The molecule has 1 aliphatic heterocycles. The summed E-state index contributed by atoms with van der Waals surface area (Å²) in [6.45, 7) is 2.80. The van der Waals surface area contributed by atoms with Crippen LogP contribution in [0.3, 0.4) is 0 Å². The van der Waals surface area contributed by atoms with E-state index in [0.717, 1.165) is 13.1 Å². The number of halogens is 1. The van der Waals surface area contributed by atoms with Crippen LogP contribution < -0.4 is 10.2 Å². The number of carbonyl (C=O) groups excluding carboxylic acids is 1. The van der Waals surface area contributed by atoms with Gasteiger partial charge >= 0.3 is 0 Å². The van der Waals surface area contributed by atoms with Crippen molar-refractivity contribution in [2.45, 2.75) is 0 Å². The molecule has 2 heterocycles. The first-order valence-corrected chi connectivity index (χ1v) is 8.48. The van der Waals surface area contributed by atoms with Gasteiger partial charge in [0.1, 0.15) is 11.6 Å². The number of nitrogens with one attached hydrogen (secondary N) is 1. The van der Waals surface area contributed by atoms with Crippen LogP contribution in [-0.4, -0.2) is 47.0 Å². The van der Waals surface area contributed by atoms with Crippen molar-refractivity contribution in [3.8, 4) is 6.07 Å². The molecular weight excluding hydrogens is 352 g/mol. The lowest BCUT2D eigenvalue weighted by molar-refractivity contribution is -0.112. The highest BCUT2D eigenvalue weighted by Gasteiger charge is 2.19. The molecule has 0 spiro atoms. The van der Waals surface area contributed by atoms with E-state index in [9.17, 15) is 10.1 Å². The first kappa shape index (κ1) is 17.7. The number of hydrogen-bond acceptors (Lipinski definition) is 6. The zero-order valence-electron chi connectivity index (χ0n) is 14.0. The second-order valence-corrected chi connectivity index (χ2v) is 6.12. The molecule has 0 bridgehead atoms. The minimum Gasteiger partial charge on any atom is -0.373 e. The zero-order valence-corrected chi connectivity index (χ0v) is 14.7. The van der Waals surface area contributed by atoms with Crippen molar-refractivity contribution in [2.24, 2.45) is 0 Å². The van der Waals surface area contributed by atoms with Gasteiger partial charge in [-0.15, -0.1) is 0 Å². The minimum absolute atomic E-state index is 0.0596. The van der Waals surface area contributed by atoms with Crippen LogP contribution in [0.5, 0.6) is 0 Å². The van der Waals surface area contributed by atoms with Crippen molar-refractivity contribution in [3.05, 3.63) is 59.5 Å². The molecule has 1 aromatic carbocycles. The van der Waals surface area contributed by atoms with E-state index in [1.807, 2.05) is 11.0 Å². The van der Waals surface area contributed by atoms with E-state index in [4.69, 9.17) is 11.6 Å². The fourth-order valence-electron chi connectivity index (χ4n) is 2.56. The summed E-state index contributed by atoms with van der Waals surface area (Å²) in [7, 11) is 0. The van der Waals surface area contributed by atoms with Gasteiger partial charge in [0.2, 0.25) is 5.95 Å². The van der Waals surface area contributed by atoms with Gasteiger partial charge in [0.15, 0.2) is 0 Å². The predicted molar refractivity (Wildman–Crippen MR) is 99.6 cm³/mol. The number of carbonyl (C=O) groups is 1. The first-order chi connectivity index (χ1) is 12.7. The molecule has 0 saturated carbocycles. The summed E-state index contributed by atoms with van der Waals surface area (Å²) < 4.78 is 0. The summed E-state index contributed by atoms with van der Waals surface area (Å²) in [6.07, 6.45) is 5.03. The highest BCUT2D eigenvalue weighted by molar-refractivity contribution is 6.30. The van der Waals surface area contributed by atoms with Gasteiger partial charge in [0, 0.05) is 55.5 Å². The number of rotatable bonds is 4. The summed E-state index contributed by atoms with van der Waals surface area (Å²) in [5.74, 6) is 0.251. The SMILES string of the molecule is N#C/C(=C/N1CCN(c2ncccn2)CC1)C(=O)Nc1ccc(Cl)cc1. The van der Waals surface area contributed by atoms with E-state index in [1.54, 1.807) is 48.9 Å². The van der Waals surface area contributed by atoms with Gasteiger partial charge in [0.05, 0.1) is 0 Å². The molecule has 0 radical (unpaired) electrons. The quantitative estimate of drug-likeness (QED) is 0.658. The summed E-state index contributed by atoms with van der Waals surface area (Å²) in [5, 5.41) is 12.6. The second-order valence-electron chi connectivity index (χ2n) is 5.69. The lowest BCUT2D eigenvalue weighted by Crippen LogP contribution is -2.45. The molecule has 1 fully saturated rings.